The van der Waals surface area contributed by atoms with Gasteiger partial charge in [-0.25, -0.2) is 13.2 Å². The van der Waals surface area contributed by atoms with E-state index in [1.807, 2.05) is 38.1 Å². The molecule has 0 atom stereocenters. The Labute approximate surface area is 193 Å². The molecule has 0 heterocycles. The van der Waals surface area contributed by atoms with Crippen LogP contribution in [0.1, 0.15) is 55.2 Å². The Morgan fingerprint density at radius 3 is 2.24 bits per heavy atom. The van der Waals surface area contributed by atoms with E-state index in [2.05, 4.69) is 0 Å². The Hall–Kier alpha value is -2.79. The van der Waals surface area contributed by atoms with E-state index in [0.29, 0.717) is 24.3 Å². The molecule has 5 heteroatoms. The van der Waals surface area contributed by atoms with Crippen LogP contribution in [0.25, 0.3) is 11.1 Å². The molecule has 0 radical (unpaired) electrons. The number of aryl methyl sites for hydroxylation is 1. The highest BCUT2D eigenvalue weighted by atomic mass is 19.2. The summed E-state index contributed by atoms with van der Waals surface area (Å²) in [5.74, 6) is -1.72. The van der Waals surface area contributed by atoms with Crippen molar-refractivity contribution in [1.82, 2.24) is 0 Å². The molecule has 2 nitrogen and oxygen atoms in total. The van der Waals surface area contributed by atoms with Crippen LogP contribution in [0.15, 0.2) is 54.6 Å². The second kappa shape index (κ2) is 10.4. The van der Waals surface area contributed by atoms with Crippen LogP contribution in [0, 0.1) is 24.4 Å². The molecule has 1 fully saturated rings. The lowest BCUT2D eigenvalue weighted by Crippen LogP contribution is -2.21. The number of ether oxygens (including phenoxy) is 2. The molecule has 3 aromatic rings. The largest absolute Gasteiger partial charge is 0.491 e. The first-order chi connectivity index (χ1) is 16.0. The molecule has 0 unspecified atom stereocenters. The van der Waals surface area contributed by atoms with Crippen molar-refractivity contribution in [2.75, 3.05) is 6.61 Å². The summed E-state index contributed by atoms with van der Waals surface area (Å²) < 4.78 is 55.0. The molecule has 0 aromatic heterocycles. The molecule has 0 spiro atoms. The highest BCUT2D eigenvalue weighted by Gasteiger charge is 2.27. The topological polar surface area (TPSA) is 18.5 Å². The molecule has 0 bridgehead atoms. The molecule has 174 valence electrons. The minimum atomic E-state index is -0.785. The quantitative estimate of drug-likeness (QED) is 0.364. The van der Waals surface area contributed by atoms with Crippen LogP contribution >= 0.6 is 0 Å². The summed E-state index contributed by atoms with van der Waals surface area (Å²) in [7, 11) is 0. The summed E-state index contributed by atoms with van der Waals surface area (Å²) >= 11 is 0. The lowest BCUT2D eigenvalue weighted by Gasteiger charge is -2.29. The average Bonchev–Trinajstić information content (AvgIpc) is 2.82. The van der Waals surface area contributed by atoms with E-state index in [4.69, 9.17) is 9.47 Å². The normalized spacial score (nSPS) is 18.3. The SMILES string of the molecule is CCOc1ccc(COC2CCC(c3ccc(-c4ccc(C)cc4)c(F)c3F)CC2)cc1F. The molecule has 1 aliphatic carbocycles. The zero-order valence-corrected chi connectivity index (χ0v) is 19.0. The van der Waals surface area contributed by atoms with Crippen molar-refractivity contribution in [3.8, 4) is 16.9 Å². The Morgan fingerprint density at radius 2 is 1.58 bits per heavy atom. The summed E-state index contributed by atoms with van der Waals surface area (Å²) in [4.78, 5) is 0. The second-order valence-corrected chi connectivity index (χ2v) is 8.68. The molecular weight excluding hydrogens is 425 g/mol. The fraction of sp³-hybridized carbons (Fsp3) is 0.357. The third-order valence-electron chi connectivity index (χ3n) is 6.37. The maximum absolute atomic E-state index is 15.0. The Morgan fingerprint density at radius 1 is 0.848 bits per heavy atom. The predicted molar refractivity (Wildman–Crippen MR) is 124 cm³/mol. The molecule has 0 aliphatic heterocycles. The summed E-state index contributed by atoms with van der Waals surface area (Å²) in [6, 6.07) is 15.7. The van der Waals surface area contributed by atoms with Crippen LogP contribution in [0.2, 0.25) is 0 Å². The van der Waals surface area contributed by atoms with Crippen LogP contribution in [-0.4, -0.2) is 12.7 Å². The Balaban J connectivity index is 1.35. The number of hydrogen-bond donors (Lipinski definition) is 0. The highest BCUT2D eigenvalue weighted by molar-refractivity contribution is 5.65. The van der Waals surface area contributed by atoms with Crippen molar-refractivity contribution in [3.63, 3.8) is 0 Å². The molecule has 0 N–H and O–H groups in total. The van der Waals surface area contributed by atoms with Gasteiger partial charge in [-0.1, -0.05) is 48.0 Å². The number of benzene rings is 3. The number of rotatable bonds is 7. The molecular formula is C28H29F3O2. The van der Waals surface area contributed by atoms with Crippen LogP contribution in [0.4, 0.5) is 13.2 Å². The van der Waals surface area contributed by atoms with Crippen molar-refractivity contribution >= 4 is 0 Å². The maximum Gasteiger partial charge on any atom is 0.166 e. The Kier molecular flexibility index (Phi) is 7.39. The minimum absolute atomic E-state index is 0.0237. The van der Waals surface area contributed by atoms with Crippen LogP contribution < -0.4 is 4.74 Å². The molecule has 0 amide bonds. The lowest BCUT2D eigenvalue weighted by atomic mass is 9.82. The Bertz CT molecular complexity index is 1090. The first-order valence-corrected chi connectivity index (χ1v) is 11.5. The highest BCUT2D eigenvalue weighted by Crippen LogP contribution is 2.38. The molecule has 0 saturated heterocycles. The van der Waals surface area contributed by atoms with Crippen LogP contribution in [0.5, 0.6) is 5.75 Å². The van der Waals surface area contributed by atoms with Gasteiger partial charge in [-0.15, -0.1) is 0 Å². The average molecular weight is 455 g/mol. The lowest BCUT2D eigenvalue weighted by molar-refractivity contribution is 0.0130. The van der Waals surface area contributed by atoms with E-state index >= 15 is 0 Å². The van der Waals surface area contributed by atoms with Crippen molar-refractivity contribution in [2.24, 2.45) is 0 Å². The van der Waals surface area contributed by atoms with Gasteiger partial charge in [0.1, 0.15) is 0 Å². The number of hydrogen-bond acceptors (Lipinski definition) is 2. The van der Waals surface area contributed by atoms with E-state index in [9.17, 15) is 13.2 Å². The first kappa shape index (κ1) is 23.4. The fourth-order valence-electron chi connectivity index (χ4n) is 4.50. The molecule has 3 aromatic carbocycles. The molecule has 1 saturated carbocycles. The van der Waals surface area contributed by atoms with Crippen molar-refractivity contribution in [1.29, 1.82) is 0 Å². The van der Waals surface area contributed by atoms with E-state index in [0.717, 1.165) is 36.8 Å². The van der Waals surface area contributed by atoms with Crippen molar-refractivity contribution in [3.05, 3.63) is 88.7 Å². The van der Waals surface area contributed by atoms with Crippen LogP contribution in [0.3, 0.4) is 0 Å². The van der Waals surface area contributed by atoms with Crippen LogP contribution in [-0.2, 0) is 11.3 Å². The van der Waals surface area contributed by atoms with Gasteiger partial charge in [0, 0.05) is 5.56 Å². The summed E-state index contributed by atoms with van der Waals surface area (Å²) in [6.45, 7) is 4.49. The van der Waals surface area contributed by atoms with E-state index < -0.39 is 17.5 Å². The zero-order valence-electron chi connectivity index (χ0n) is 19.0. The van der Waals surface area contributed by atoms with E-state index in [1.165, 1.54) is 6.07 Å². The van der Waals surface area contributed by atoms with Gasteiger partial charge < -0.3 is 9.47 Å². The first-order valence-electron chi connectivity index (χ1n) is 11.5. The standard InChI is InChI=1S/C28H29F3O2/c1-3-32-26-15-6-19(16-25(26)29)17-33-22-11-9-21(10-12-22)24-14-13-23(27(30)28(24)31)20-7-4-18(2)5-8-20/h4-8,13-16,21-22H,3,9-12,17H2,1-2H3. The maximum atomic E-state index is 15.0. The predicted octanol–water partition coefficient (Wildman–Crippen LogP) is 7.72. The minimum Gasteiger partial charge on any atom is -0.491 e. The van der Waals surface area contributed by atoms with Gasteiger partial charge in [0.05, 0.1) is 19.3 Å². The van der Waals surface area contributed by atoms with Crippen molar-refractivity contribution in [2.45, 2.75) is 58.2 Å². The van der Waals surface area contributed by atoms with Gasteiger partial charge in [0.2, 0.25) is 0 Å². The summed E-state index contributed by atoms with van der Waals surface area (Å²) in [5, 5.41) is 0. The van der Waals surface area contributed by atoms with Gasteiger partial charge in [-0.2, -0.15) is 0 Å². The van der Waals surface area contributed by atoms with Gasteiger partial charge in [-0.3, -0.25) is 0 Å². The van der Waals surface area contributed by atoms with Gasteiger partial charge >= 0.3 is 0 Å². The fourth-order valence-corrected chi connectivity index (χ4v) is 4.50. The molecule has 33 heavy (non-hydrogen) atoms. The summed E-state index contributed by atoms with van der Waals surface area (Å²) in [6.07, 6.45) is 2.98. The van der Waals surface area contributed by atoms with Crippen molar-refractivity contribution < 1.29 is 22.6 Å². The van der Waals surface area contributed by atoms with Gasteiger partial charge in [0.15, 0.2) is 23.2 Å². The van der Waals surface area contributed by atoms with Gasteiger partial charge in [-0.05, 0) is 74.3 Å². The monoisotopic (exact) mass is 454 g/mol. The van der Waals surface area contributed by atoms with Gasteiger partial charge in [0.25, 0.3) is 0 Å². The van der Waals surface area contributed by atoms with E-state index in [-0.39, 0.29) is 23.3 Å². The second-order valence-electron chi connectivity index (χ2n) is 8.68. The summed E-state index contributed by atoms with van der Waals surface area (Å²) in [5.41, 5.74) is 3.22. The zero-order chi connectivity index (χ0) is 23.4. The third kappa shape index (κ3) is 5.41. The smallest absolute Gasteiger partial charge is 0.166 e. The van der Waals surface area contributed by atoms with E-state index in [1.54, 1.807) is 24.3 Å². The number of halogens is 3. The molecule has 1 aliphatic rings. The molecule has 4 rings (SSSR count). The third-order valence-corrected chi connectivity index (χ3v) is 6.37.